The highest BCUT2D eigenvalue weighted by atomic mass is 15.2. The van der Waals surface area contributed by atoms with Crippen molar-refractivity contribution in [1.29, 1.82) is 0 Å². The van der Waals surface area contributed by atoms with Crippen LogP contribution in [-0.2, 0) is 13.6 Å². The van der Waals surface area contributed by atoms with Gasteiger partial charge in [0, 0.05) is 37.9 Å². The summed E-state index contributed by atoms with van der Waals surface area (Å²) >= 11 is 0. The van der Waals surface area contributed by atoms with Crippen molar-refractivity contribution in [2.45, 2.75) is 19.5 Å². The average Bonchev–Trinajstić information content (AvgIpc) is 2.33. The summed E-state index contributed by atoms with van der Waals surface area (Å²) in [5, 5.41) is 4.11. The number of likely N-dealkylation sites (N-methyl/N-ethyl adjacent to an activating group) is 1. The van der Waals surface area contributed by atoms with E-state index in [4.69, 9.17) is 5.73 Å². The maximum absolute atomic E-state index is 5.69. The zero-order valence-electron chi connectivity index (χ0n) is 8.57. The molecule has 4 heteroatoms. The van der Waals surface area contributed by atoms with Crippen molar-refractivity contribution in [3.63, 3.8) is 0 Å². The molecule has 1 aromatic heterocycles. The first kappa shape index (κ1) is 10.2. The van der Waals surface area contributed by atoms with Gasteiger partial charge >= 0.3 is 0 Å². The minimum atomic E-state index is 0.224. The molecule has 13 heavy (non-hydrogen) atoms. The van der Waals surface area contributed by atoms with Crippen LogP contribution in [0.15, 0.2) is 12.4 Å². The van der Waals surface area contributed by atoms with Crippen molar-refractivity contribution in [2.75, 3.05) is 13.6 Å². The smallest absolute Gasteiger partial charge is 0.0534 e. The summed E-state index contributed by atoms with van der Waals surface area (Å²) in [5.41, 5.74) is 6.92. The van der Waals surface area contributed by atoms with Crippen LogP contribution in [0.3, 0.4) is 0 Å². The monoisotopic (exact) mass is 182 g/mol. The van der Waals surface area contributed by atoms with Gasteiger partial charge < -0.3 is 10.6 Å². The molecule has 1 atom stereocenters. The van der Waals surface area contributed by atoms with E-state index in [2.05, 4.69) is 17.0 Å². The fourth-order valence-corrected chi connectivity index (χ4v) is 1.42. The molecule has 4 nitrogen and oxygen atoms in total. The van der Waals surface area contributed by atoms with Gasteiger partial charge in [0.25, 0.3) is 0 Å². The lowest BCUT2D eigenvalue weighted by atomic mass is 10.3. The molecule has 0 bridgehead atoms. The third kappa shape index (κ3) is 3.57. The third-order valence-electron chi connectivity index (χ3n) is 1.81. The Labute approximate surface area is 79.3 Å². The summed E-state index contributed by atoms with van der Waals surface area (Å²) in [4.78, 5) is 2.20. The second kappa shape index (κ2) is 4.39. The van der Waals surface area contributed by atoms with Crippen molar-refractivity contribution in [3.8, 4) is 0 Å². The molecule has 1 aromatic rings. The Bertz CT molecular complexity index is 254. The van der Waals surface area contributed by atoms with Crippen LogP contribution in [0.2, 0.25) is 0 Å². The summed E-state index contributed by atoms with van der Waals surface area (Å²) in [5.74, 6) is 0. The molecular weight excluding hydrogens is 164 g/mol. The van der Waals surface area contributed by atoms with Gasteiger partial charge in [-0.3, -0.25) is 4.68 Å². The van der Waals surface area contributed by atoms with Gasteiger partial charge in [0.1, 0.15) is 0 Å². The number of nitrogens with two attached hydrogens (primary N) is 1. The van der Waals surface area contributed by atoms with Gasteiger partial charge in [-0.2, -0.15) is 5.10 Å². The van der Waals surface area contributed by atoms with Crippen molar-refractivity contribution in [1.82, 2.24) is 14.7 Å². The zero-order valence-corrected chi connectivity index (χ0v) is 8.57. The van der Waals surface area contributed by atoms with Gasteiger partial charge in [0.05, 0.1) is 6.20 Å². The highest BCUT2D eigenvalue weighted by molar-refractivity contribution is 5.02. The summed E-state index contributed by atoms with van der Waals surface area (Å²) in [6, 6.07) is 0.224. The van der Waals surface area contributed by atoms with Crippen LogP contribution in [-0.4, -0.2) is 34.3 Å². The molecular formula is C9H18N4. The Morgan fingerprint density at radius 3 is 2.85 bits per heavy atom. The van der Waals surface area contributed by atoms with E-state index in [9.17, 15) is 0 Å². The molecule has 0 saturated heterocycles. The first-order valence-corrected chi connectivity index (χ1v) is 4.49. The molecule has 0 aliphatic carbocycles. The molecule has 1 rings (SSSR count). The third-order valence-corrected chi connectivity index (χ3v) is 1.81. The normalized spacial score (nSPS) is 13.6. The standard InChI is InChI=1S/C9H18N4/c1-8(10)5-12(2)6-9-4-11-13(3)7-9/h4,7-8H,5-6,10H2,1-3H3. The minimum Gasteiger partial charge on any atom is -0.327 e. The van der Waals surface area contributed by atoms with Crippen LogP contribution < -0.4 is 5.73 Å². The Kier molecular flexibility index (Phi) is 3.45. The lowest BCUT2D eigenvalue weighted by Gasteiger charge is -2.17. The first-order chi connectivity index (χ1) is 6.08. The van der Waals surface area contributed by atoms with E-state index < -0.39 is 0 Å². The molecule has 0 spiro atoms. The molecule has 0 radical (unpaired) electrons. The number of hydrogen-bond donors (Lipinski definition) is 1. The van der Waals surface area contributed by atoms with E-state index in [0.29, 0.717) is 0 Å². The van der Waals surface area contributed by atoms with Crippen LogP contribution in [0.5, 0.6) is 0 Å². The predicted molar refractivity (Wildman–Crippen MR) is 53.2 cm³/mol. The molecule has 0 saturated carbocycles. The summed E-state index contributed by atoms with van der Waals surface area (Å²) in [6.07, 6.45) is 3.91. The molecule has 1 unspecified atom stereocenters. The Morgan fingerprint density at radius 2 is 2.38 bits per heavy atom. The highest BCUT2D eigenvalue weighted by Gasteiger charge is 2.03. The maximum atomic E-state index is 5.69. The second-order valence-corrected chi connectivity index (χ2v) is 3.70. The molecule has 0 aliphatic rings. The molecule has 1 heterocycles. The molecule has 0 amide bonds. The predicted octanol–water partition coefficient (Wildman–Crippen LogP) is 0.199. The minimum absolute atomic E-state index is 0.224. The van der Waals surface area contributed by atoms with Crippen LogP contribution >= 0.6 is 0 Å². The van der Waals surface area contributed by atoms with E-state index in [-0.39, 0.29) is 6.04 Å². The summed E-state index contributed by atoms with van der Waals surface area (Å²) in [6.45, 7) is 3.84. The van der Waals surface area contributed by atoms with Crippen LogP contribution in [0, 0.1) is 0 Å². The average molecular weight is 182 g/mol. The number of nitrogens with zero attached hydrogens (tertiary/aromatic N) is 3. The second-order valence-electron chi connectivity index (χ2n) is 3.70. The fraction of sp³-hybridized carbons (Fsp3) is 0.667. The van der Waals surface area contributed by atoms with Crippen molar-refractivity contribution >= 4 is 0 Å². The Hall–Kier alpha value is -0.870. The largest absolute Gasteiger partial charge is 0.327 e. The summed E-state index contributed by atoms with van der Waals surface area (Å²) < 4.78 is 1.81. The van der Waals surface area contributed by atoms with Gasteiger partial charge in [0.15, 0.2) is 0 Å². The number of hydrogen-bond acceptors (Lipinski definition) is 3. The lowest BCUT2D eigenvalue weighted by Crippen LogP contribution is -2.32. The van der Waals surface area contributed by atoms with E-state index in [1.54, 1.807) is 0 Å². The zero-order chi connectivity index (χ0) is 9.84. The van der Waals surface area contributed by atoms with Crippen LogP contribution in [0.1, 0.15) is 12.5 Å². The topological polar surface area (TPSA) is 47.1 Å². The number of rotatable bonds is 4. The quantitative estimate of drug-likeness (QED) is 0.723. The molecule has 0 fully saturated rings. The van der Waals surface area contributed by atoms with Crippen LogP contribution in [0.4, 0.5) is 0 Å². The van der Waals surface area contributed by atoms with Gasteiger partial charge in [-0.05, 0) is 14.0 Å². The van der Waals surface area contributed by atoms with Gasteiger partial charge in [-0.15, -0.1) is 0 Å². The fourth-order valence-electron chi connectivity index (χ4n) is 1.42. The summed E-state index contributed by atoms with van der Waals surface area (Å²) in [7, 11) is 3.99. The maximum Gasteiger partial charge on any atom is 0.0534 e. The molecule has 74 valence electrons. The van der Waals surface area contributed by atoms with Crippen molar-refractivity contribution in [3.05, 3.63) is 18.0 Å². The Morgan fingerprint density at radius 1 is 1.69 bits per heavy atom. The van der Waals surface area contributed by atoms with Crippen LogP contribution in [0.25, 0.3) is 0 Å². The number of aromatic nitrogens is 2. The SMILES string of the molecule is CC(N)CN(C)Cc1cnn(C)c1. The number of aryl methyl sites for hydroxylation is 1. The van der Waals surface area contributed by atoms with E-state index in [1.807, 2.05) is 31.0 Å². The van der Waals surface area contributed by atoms with Gasteiger partial charge in [-0.25, -0.2) is 0 Å². The first-order valence-electron chi connectivity index (χ1n) is 4.49. The molecule has 0 aliphatic heterocycles. The lowest BCUT2D eigenvalue weighted by molar-refractivity contribution is 0.310. The Balaban J connectivity index is 2.40. The van der Waals surface area contributed by atoms with E-state index in [0.717, 1.165) is 13.1 Å². The molecule has 0 aromatic carbocycles. The highest BCUT2D eigenvalue weighted by Crippen LogP contribution is 2.00. The van der Waals surface area contributed by atoms with Crippen molar-refractivity contribution < 1.29 is 0 Å². The van der Waals surface area contributed by atoms with Gasteiger partial charge in [-0.1, -0.05) is 0 Å². The van der Waals surface area contributed by atoms with Crippen molar-refractivity contribution in [2.24, 2.45) is 12.8 Å². The van der Waals surface area contributed by atoms with E-state index in [1.165, 1.54) is 5.56 Å². The van der Waals surface area contributed by atoms with Gasteiger partial charge in [0.2, 0.25) is 0 Å². The molecule has 2 N–H and O–H groups in total. The van der Waals surface area contributed by atoms with E-state index >= 15 is 0 Å².